The summed E-state index contributed by atoms with van der Waals surface area (Å²) >= 11 is 5.38. The van der Waals surface area contributed by atoms with Crippen LogP contribution in [0.4, 0.5) is 11.4 Å². The van der Waals surface area contributed by atoms with E-state index in [1.807, 2.05) is 54.7 Å². The van der Waals surface area contributed by atoms with E-state index in [2.05, 4.69) is 238 Å². The first-order valence-corrected chi connectivity index (χ1v) is 32.2. The fourth-order valence-electron chi connectivity index (χ4n) is 8.65. The lowest BCUT2D eigenvalue weighted by Gasteiger charge is -2.01. The van der Waals surface area contributed by atoms with Crippen molar-refractivity contribution in [1.82, 2.24) is 24.9 Å². The molecule has 0 fully saturated rings. The van der Waals surface area contributed by atoms with Crippen molar-refractivity contribution in [3.63, 3.8) is 0 Å². The summed E-state index contributed by atoms with van der Waals surface area (Å²) in [6, 6.07) is 43.5. The molecular weight excluding hydrogens is 1090 g/mol. The topological polar surface area (TPSA) is 115 Å². The van der Waals surface area contributed by atoms with Crippen LogP contribution in [-0.2, 0) is 12.8 Å². The van der Waals surface area contributed by atoms with Crippen LogP contribution in [0, 0.1) is 39.5 Å². The van der Waals surface area contributed by atoms with Crippen molar-refractivity contribution in [2.45, 2.75) is 167 Å². The number of nitrogens with zero attached hydrogens (tertiary/aromatic N) is 7. The van der Waals surface area contributed by atoms with Crippen LogP contribution in [0.2, 0.25) is 0 Å². The molecule has 0 saturated heterocycles. The highest BCUT2D eigenvalue weighted by Gasteiger charge is 2.18. The SMILES string of the molecule is CC(C)C1=Nc2ccccc2C1.CC(C)c1nc2ccccc2o1.CC(C)c1nc2ccccc2s1.Cc1ccc2c(c1)N=C(C(C)C)C2.Cc1ccc2nc(C(C)C)oc2c1.Cc1ccc2sc(C(C)C)nc2c1.Cc1cnc(C(C)C)s1. The third kappa shape index (κ3) is 18.3. The first-order valence-electron chi connectivity index (χ1n) is 29.7. The lowest BCUT2D eigenvalue weighted by Crippen LogP contribution is -2.06. The van der Waals surface area contributed by atoms with Crippen molar-refractivity contribution in [1.29, 1.82) is 0 Å². The van der Waals surface area contributed by atoms with Crippen LogP contribution >= 0.6 is 34.0 Å². The number of hydrogen-bond donors (Lipinski definition) is 0. The molecule has 2 aliphatic rings. The molecule has 440 valence electrons. The number of aryl methyl sites for hydroxylation is 4. The smallest absolute Gasteiger partial charge is 0.198 e. The highest BCUT2D eigenvalue weighted by atomic mass is 32.1. The zero-order chi connectivity index (χ0) is 60.8. The number of aromatic nitrogens is 5. The largest absolute Gasteiger partial charge is 0.440 e. The van der Waals surface area contributed by atoms with Gasteiger partial charge in [0.05, 0.1) is 46.8 Å². The Kier molecular flexibility index (Phi) is 23.2. The number of para-hydroxylation sites is 4. The van der Waals surface area contributed by atoms with Gasteiger partial charge in [0.25, 0.3) is 0 Å². The maximum atomic E-state index is 5.60. The normalized spacial score (nSPS) is 12.2. The number of benzene rings is 6. The van der Waals surface area contributed by atoms with Crippen molar-refractivity contribution in [3.8, 4) is 0 Å². The standard InChI is InChI=1S/C12H15N.C11H13NO.C11H13NS.C11H13N.C10H11NO.C10H11NS.C7H11NS/c1-8(2)11-7-10-5-4-9(3)6-12(10)13-11;1-7(2)11-12-9-5-4-8(3)6-10(9)13-11;1-7(2)11-12-9-6-8(3)4-5-10(9)13-11;1-8(2)11-7-9-5-3-4-6-10(9)12-11;2*1-7(2)10-11-8-5-3-4-6-9(8)12-10;1-5(2)7-8-4-6(3)9-7/h4-6,8H,7H2,1-3H3;2*4-7H,1-3H3;3-6,8H,7H2,1-2H3;2*3-7H,1-2H3;4-5H,1-3H3. The van der Waals surface area contributed by atoms with Gasteiger partial charge < -0.3 is 8.83 Å². The van der Waals surface area contributed by atoms with Gasteiger partial charge in [-0.2, -0.15) is 0 Å². The Hall–Kier alpha value is -6.99. The Balaban J connectivity index is 0.000000141. The zero-order valence-corrected chi connectivity index (χ0v) is 55.3. The molecule has 5 aromatic heterocycles. The van der Waals surface area contributed by atoms with Gasteiger partial charge in [-0.25, -0.2) is 24.9 Å². The third-order valence-corrected chi connectivity index (χ3v) is 17.6. The molecule has 0 N–H and O–H groups in total. The van der Waals surface area contributed by atoms with E-state index in [9.17, 15) is 0 Å². The molecule has 6 aromatic carbocycles. The number of rotatable bonds is 7. The molecule has 0 bridgehead atoms. The van der Waals surface area contributed by atoms with Crippen LogP contribution in [0.25, 0.3) is 42.6 Å². The van der Waals surface area contributed by atoms with Gasteiger partial charge in [0.2, 0.25) is 0 Å². The van der Waals surface area contributed by atoms with E-state index in [0.717, 1.165) is 57.9 Å². The second kappa shape index (κ2) is 30.2. The lowest BCUT2D eigenvalue weighted by molar-refractivity contribution is 0.501. The van der Waals surface area contributed by atoms with Crippen LogP contribution in [0.3, 0.4) is 0 Å². The minimum absolute atomic E-state index is 0.354. The van der Waals surface area contributed by atoms with E-state index < -0.39 is 0 Å². The number of oxazole rings is 2. The predicted octanol–water partition coefficient (Wildman–Crippen LogP) is 22.2. The second-order valence-electron chi connectivity index (χ2n) is 23.8. The Morgan fingerprint density at radius 1 is 0.369 bits per heavy atom. The molecule has 7 heterocycles. The van der Waals surface area contributed by atoms with Crippen molar-refractivity contribution >= 4 is 99.4 Å². The Morgan fingerprint density at radius 3 is 1.39 bits per heavy atom. The molecule has 84 heavy (non-hydrogen) atoms. The van der Waals surface area contributed by atoms with Crippen molar-refractivity contribution in [3.05, 3.63) is 193 Å². The third-order valence-electron chi connectivity index (χ3n) is 13.7. The van der Waals surface area contributed by atoms with Gasteiger partial charge in [-0.15, -0.1) is 34.0 Å². The molecule has 0 atom stereocenters. The molecular formula is C72H87N7O2S3. The van der Waals surface area contributed by atoms with E-state index >= 15 is 0 Å². The minimum Gasteiger partial charge on any atom is -0.440 e. The van der Waals surface area contributed by atoms with Gasteiger partial charge in [0.1, 0.15) is 11.0 Å². The molecule has 0 amide bonds. The van der Waals surface area contributed by atoms with Crippen molar-refractivity contribution < 1.29 is 8.83 Å². The van der Waals surface area contributed by atoms with Gasteiger partial charge in [-0.1, -0.05) is 164 Å². The molecule has 2 aliphatic heterocycles. The molecule has 13 rings (SSSR count). The highest BCUT2D eigenvalue weighted by molar-refractivity contribution is 7.19. The number of fused-ring (bicyclic) bond motifs is 6. The Morgan fingerprint density at radius 2 is 0.845 bits per heavy atom. The van der Waals surface area contributed by atoms with E-state index in [0.29, 0.717) is 41.4 Å². The van der Waals surface area contributed by atoms with Crippen LogP contribution in [0.1, 0.15) is 186 Å². The summed E-state index contributed by atoms with van der Waals surface area (Å²) in [5.41, 5.74) is 17.5. The molecule has 0 radical (unpaired) electrons. The van der Waals surface area contributed by atoms with Crippen LogP contribution < -0.4 is 0 Å². The van der Waals surface area contributed by atoms with Crippen LogP contribution in [-0.4, -0.2) is 36.3 Å². The first kappa shape index (κ1) is 64.6. The highest BCUT2D eigenvalue weighted by Crippen LogP contribution is 2.32. The molecule has 11 aromatic rings. The maximum absolute atomic E-state index is 5.60. The fourth-order valence-corrected chi connectivity index (χ4v) is 11.4. The average Bonchev–Trinajstić information content (AvgIpc) is 4.47. The summed E-state index contributed by atoms with van der Waals surface area (Å²) in [5.74, 6) is 5.18. The minimum atomic E-state index is 0.354. The van der Waals surface area contributed by atoms with Crippen LogP contribution in [0.15, 0.2) is 152 Å². The Labute approximate surface area is 512 Å². The van der Waals surface area contributed by atoms with Gasteiger partial charge in [0.15, 0.2) is 22.9 Å². The van der Waals surface area contributed by atoms with Gasteiger partial charge in [-0.05, 0) is 128 Å². The van der Waals surface area contributed by atoms with E-state index in [1.165, 1.54) is 79.9 Å². The molecule has 0 saturated carbocycles. The van der Waals surface area contributed by atoms with Gasteiger partial charge >= 0.3 is 0 Å². The maximum Gasteiger partial charge on any atom is 0.198 e. The van der Waals surface area contributed by atoms with Crippen LogP contribution in [0.5, 0.6) is 0 Å². The quantitative estimate of drug-likeness (QED) is 0.156. The second-order valence-corrected chi connectivity index (χ2v) is 27.2. The van der Waals surface area contributed by atoms with Gasteiger partial charge in [0, 0.05) is 64.9 Å². The summed E-state index contributed by atoms with van der Waals surface area (Å²) in [5, 5.41) is 3.71. The summed E-state index contributed by atoms with van der Waals surface area (Å²) < 4.78 is 13.7. The summed E-state index contributed by atoms with van der Waals surface area (Å²) in [6.45, 7) is 38.5. The molecule has 0 aliphatic carbocycles. The van der Waals surface area contributed by atoms with Gasteiger partial charge in [-0.3, -0.25) is 9.98 Å². The summed E-state index contributed by atoms with van der Waals surface area (Å²) in [7, 11) is 0. The van der Waals surface area contributed by atoms with E-state index in [4.69, 9.17) is 8.83 Å². The summed E-state index contributed by atoms with van der Waals surface area (Å²) in [4.78, 5) is 32.6. The van der Waals surface area contributed by atoms with Crippen molar-refractivity contribution in [2.24, 2.45) is 21.8 Å². The monoisotopic (exact) mass is 1180 g/mol. The van der Waals surface area contributed by atoms with Crippen molar-refractivity contribution in [2.75, 3.05) is 0 Å². The first-order chi connectivity index (χ1) is 40.0. The lowest BCUT2D eigenvalue weighted by atomic mass is 10.0. The number of hydrogen-bond acceptors (Lipinski definition) is 12. The predicted molar refractivity (Wildman–Crippen MR) is 363 cm³/mol. The molecule has 0 unspecified atom stereocenters. The Bertz CT molecular complexity index is 3710. The molecule has 12 heteroatoms. The summed E-state index contributed by atoms with van der Waals surface area (Å²) in [6.07, 6.45) is 4.03. The number of aliphatic imine (C=N–C) groups is 2. The molecule has 9 nitrogen and oxygen atoms in total. The van der Waals surface area contributed by atoms with E-state index in [-0.39, 0.29) is 0 Å². The average molecular weight is 1180 g/mol. The number of thiazole rings is 3. The van der Waals surface area contributed by atoms with E-state index in [1.54, 1.807) is 34.0 Å². The molecule has 0 spiro atoms. The fraction of sp³-hybridized carbons (Fsp3) is 0.375. The zero-order valence-electron chi connectivity index (χ0n) is 52.8.